The fraction of sp³-hybridized carbons (Fsp3) is 0.172. The Balaban J connectivity index is 1.39. The first-order chi connectivity index (χ1) is 17.8. The average Bonchev–Trinajstić information content (AvgIpc) is 3.35. The Labute approximate surface area is 234 Å². The summed E-state index contributed by atoms with van der Waals surface area (Å²) in [5.41, 5.74) is 5.50. The Morgan fingerprint density at radius 1 is 1.08 bits per heavy atom. The van der Waals surface area contributed by atoms with Gasteiger partial charge in [-0.05, 0) is 92.2 Å². The third-order valence-corrected chi connectivity index (χ3v) is 7.53. The summed E-state index contributed by atoms with van der Waals surface area (Å²) in [6.45, 7) is 5.36. The minimum absolute atomic E-state index is 0.169. The van der Waals surface area contributed by atoms with Crippen molar-refractivity contribution in [2.75, 3.05) is 11.5 Å². The standard InChI is InChI=1S/C29H25BrClN3O2S/c1-18-8-10-22(14-19(18)2)34-28(35)25(32-29(34)37)15-20-17-33(26-11-9-21(30)16-23(20)26)12-5-13-36-27-7-4-3-6-24(27)31/h3-4,6-11,14-17H,5,12-13H2,1-2H3,(H,32,37)/b25-15-. The number of para-hydroxylation sites is 1. The molecular weight excluding hydrogens is 570 g/mol. The Morgan fingerprint density at radius 3 is 2.68 bits per heavy atom. The summed E-state index contributed by atoms with van der Waals surface area (Å²) in [6.07, 6.45) is 4.74. The fourth-order valence-electron chi connectivity index (χ4n) is 4.37. The molecule has 0 saturated carbocycles. The van der Waals surface area contributed by atoms with E-state index in [1.165, 1.54) is 5.56 Å². The minimum Gasteiger partial charge on any atom is -0.492 e. The van der Waals surface area contributed by atoms with Crippen LogP contribution in [-0.4, -0.2) is 22.2 Å². The molecule has 1 saturated heterocycles. The summed E-state index contributed by atoms with van der Waals surface area (Å²) < 4.78 is 9.01. The molecule has 1 fully saturated rings. The quantitative estimate of drug-likeness (QED) is 0.138. The number of ether oxygens (including phenoxy) is 1. The maximum absolute atomic E-state index is 13.4. The molecule has 3 aromatic carbocycles. The zero-order chi connectivity index (χ0) is 26.1. The molecular formula is C29H25BrClN3O2S. The number of carbonyl (C=O) groups excluding carboxylic acids is 1. The van der Waals surface area contributed by atoms with Crippen molar-refractivity contribution in [1.82, 2.24) is 9.88 Å². The maximum atomic E-state index is 13.4. The Kier molecular flexibility index (Phi) is 7.38. The van der Waals surface area contributed by atoms with Gasteiger partial charge in [0.25, 0.3) is 5.91 Å². The van der Waals surface area contributed by atoms with Gasteiger partial charge in [0.05, 0.1) is 17.3 Å². The van der Waals surface area contributed by atoms with E-state index in [0.29, 0.717) is 28.2 Å². The van der Waals surface area contributed by atoms with E-state index in [9.17, 15) is 4.79 Å². The first-order valence-electron chi connectivity index (χ1n) is 11.9. The molecule has 188 valence electrons. The second-order valence-corrected chi connectivity index (χ2v) is 10.7. The number of fused-ring (bicyclic) bond motifs is 1. The third-order valence-electron chi connectivity index (χ3n) is 6.44. The van der Waals surface area contributed by atoms with Crippen LogP contribution in [0, 0.1) is 13.8 Å². The summed E-state index contributed by atoms with van der Waals surface area (Å²) in [6, 6.07) is 19.5. The summed E-state index contributed by atoms with van der Waals surface area (Å²) in [7, 11) is 0. The number of nitrogens with zero attached hydrogens (tertiary/aromatic N) is 2. The third kappa shape index (κ3) is 5.30. The highest BCUT2D eigenvalue weighted by Gasteiger charge is 2.32. The molecule has 8 heteroatoms. The number of benzene rings is 3. The van der Waals surface area contributed by atoms with Crippen LogP contribution in [0.4, 0.5) is 5.69 Å². The normalized spacial score (nSPS) is 14.6. The van der Waals surface area contributed by atoms with Crippen LogP contribution >= 0.6 is 39.7 Å². The van der Waals surface area contributed by atoms with E-state index in [2.05, 4.69) is 44.1 Å². The minimum atomic E-state index is -0.169. The van der Waals surface area contributed by atoms with Gasteiger partial charge in [-0.2, -0.15) is 0 Å². The van der Waals surface area contributed by atoms with Crippen molar-refractivity contribution in [3.8, 4) is 5.75 Å². The van der Waals surface area contributed by atoms with Crippen LogP contribution in [0.15, 0.2) is 77.0 Å². The number of amides is 1. The van der Waals surface area contributed by atoms with Crippen molar-refractivity contribution in [3.05, 3.63) is 98.7 Å². The smallest absolute Gasteiger partial charge is 0.281 e. The lowest BCUT2D eigenvalue weighted by atomic mass is 10.1. The van der Waals surface area contributed by atoms with E-state index < -0.39 is 0 Å². The van der Waals surface area contributed by atoms with Gasteiger partial charge in [0.1, 0.15) is 11.4 Å². The first-order valence-corrected chi connectivity index (χ1v) is 13.5. The molecule has 0 aliphatic carbocycles. The van der Waals surface area contributed by atoms with Gasteiger partial charge in [0.2, 0.25) is 0 Å². The molecule has 1 aliphatic rings. The Hall–Kier alpha value is -3.13. The van der Waals surface area contributed by atoms with E-state index >= 15 is 0 Å². The lowest BCUT2D eigenvalue weighted by Gasteiger charge is -2.15. The predicted octanol–water partition coefficient (Wildman–Crippen LogP) is 7.41. The molecule has 1 aliphatic heterocycles. The molecule has 37 heavy (non-hydrogen) atoms. The highest BCUT2D eigenvalue weighted by molar-refractivity contribution is 9.10. The van der Waals surface area contributed by atoms with E-state index in [4.69, 9.17) is 28.6 Å². The van der Waals surface area contributed by atoms with Gasteiger partial charge in [0, 0.05) is 33.7 Å². The van der Waals surface area contributed by atoms with Crippen LogP contribution in [0.2, 0.25) is 5.02 Å². The molecule has 5 nitrogen and oxygen atoms in total. The highest BCUT2D eigenvalue weighted by Crippen LogP contribution is 2.30. The lowest BCUT2D eigenvalue weighted by Crippen LogP contribution is -2.30. The van der Waals surface area contributed by atoms with Crippen LogP contribution in [0.3, 0.4) is 0 Å². The largest absolute Gasteiger partial charge is 0.492 e. The van der Waals surface area contributed by atoms with Crippen LogP contribution in [0.5, 0.6) is 5.75 Å². The Bertz CT molecular complexity index is 1560. The summed E-state index contributed by atoms with van der Waals surface area (Å²) in [5, 5.41) is 5.14. The van der Waals surface area contributed by atoms with E-state index in [1.54, 1.807) is 4.90 Å². The van der Waals surface area contributed by atoms with E-state index in [-0.39, 0.29) is 5.91 Å². The lowest BCUT2D eigenvalue weighted by molar-refractivity contribution is -0.113. The van der Waals surface area contributed by atoms with Crippen molar-refractivity contribution < 1.29 is 9.53 Å². The average molecular weight is 595 g/mol. The summed E-state index contributed by atoms with van der Waals surface area (Å²) >= 11 is 15.3. The van der Waals surface area contributed by atoms with E-state index in [0.717, 1.165) is 45.2 Å². The van der Waals surface area contributed by atoms with Crippen molar-refractivity contribution in [1.29, 1.82) is 0 Å². The number of thiocarbonyl (C=S) groups is 1. The number of hydrogen-bond donors (Lipinski definition) is 1. The second kappa shape index (κ2) is 10.7. The Morgan fingerprint density at radius 2 is 1.89 bits per heavy atom. The van der Waals surface area contributed by atoms with Gasteiger partial charge >= 0.3 is 0 Å². The van der Waals surface area contributed by atoms with Crippen molar-refractivity contribution in [2.24, 2.45) is 0 Å². The molecule has 2 heterocycles. The zero-order valence-electron chi connectivity index (χ0n) is 20.4. The van der Waals surface area contributed by atoms with Gasteiger partial charge in [-0.25, -0.2) is 0 Å². The zero-order valence-corrected chi connectivity index (χ0v) is 23.6. The van der Waals surface area contributed by atoms with Crippen molar-refractivity contribution in [2.45, 2.75) is 26.8 Å². The molecule has 0 bridgehead atoms. The van der Waals surface area contributed by atoms with Crippen LogP contribution in [0.1, 0.15) is 23.1 Å². The molecule has 0 spiro atoms. The number of nitrogens with one attached hydrogen (secondary N) is 1. The van der Waals surface area contributed by atoms with E-state index in [1.807, 2.05) is 68.5 Å². The summed E-state index contributed by atoms with van der Waals surface area (Å²) in [5.74, 6) is 0.517. The second-order valence-electron chi connectivity index (χ2n) is 8.97. The van der Waals surface area contributed by atoms with Gasteiger partial charge in [-0.1, -0.05) is 45.7 Å². The molecule has 5 rings (SSSR count). The fourth-order valence-corrected chi connectivity index (χ4v) is 5.22. The molecule has 0 unspecified atom stereocenters. The van der Waals surface area contributed by atoms with Crippen LogP contribution in [0.25, 0.3) is 17.0 Å². The number of aryl methyl sites for hydroxylation is 3. The predicted molar refractivity (Wildman–Crippen MR) is 158 cm³/mol. The molecule has 0 atom stereocenters. The maximum Gasteiger partial charge on any atom is 0.281 e. The SMILES string of the molecule is Cc1ccc(N2C(=O)/C(=C/c3cn(CCCOc4ccccc4Cl)c4ccc(Br)cc34)NC2=S)cc1C. The number of rotatable bonds is 7. The topological polar surface area (TPSA) is 46.5 Å². The number of hydrogen-bond acceptors (Lipinski definition) is 3. The first kappa shape index (κ1) is 25.5. The molecule has 1 amide bonds. The highest BCUT2D eigenvalue weighted by atomic mass is 79.9. The molecule has 4 aromatic rings. The number of carbonyl (C=O) groups is 1. The monoisotopic (exact) mass is 593 g/mol. The number of anilines is 1. The van der Waals surface area contributed by atoms with Gasteiger partial charge < -0.3 is 14.6 Å². The van der Waals surface area contributed by atoms with Crippen molar-refractivity contribution >= 4 is 73.4 Å². The molecule has 0 radical (unpaired) electrons. The van der Waals surface area contributed by atoms with Crippen LogP contribution in [-0.2, 0) is 11.3 Å². The molecule has 1 aromatic heterocycles. The molecule has 1 N–H and O–H groups in total. The van der Waals surface area contributed by atoms with Crippen LogP contribution < -0.4 is 15.0 Å². The van der Waals surface area contributed by atoms with Gasteiger partial charge in [-0.15, -0.1) is 0 Å². The van der Waals surface area contributed by atoms with Gasteiger partial charge in [-0.3, -0.25) is 9.69 Å². The number of aromatic nitrogens is 1. The van der Waals surface area contributed by atoms with Gasteiger partial charge in [0.15, 0.2) is 5.11 Å². The number of halogens is 2. The summed E-state index contributed by atoms with van der Waals surface area (Å²) in [4.78, 5) is 14.9. The van der Waals surface area contributed by atoms with Crippen molar-refractivity contribution in [3.63, 3.8) is 0 Å².